The first kappa shape index (κ1) is 15.3. The van der Waals surface area contributed by atoms with E-state index in [0.717, 1.165) is 51.7 Å². The Morgan fingerprint density at radius 1 is 1.23 bits per heavy atom. The summed E-state index contributed by atoms with van der Waals surface area (Å²) in [6.07, 6.45) is 7.96. The highest BCUT2D eigenvalue weighted by atomic mass is 16.3. The second-order valence-electron chi connectivity index (χ2n) is 6.49. The summed E-state index contributed by atoms with van der Waals surface area (Å²) in [6, 6.07) is 4.09. The molecule has 22 heavy (non-hydrogen) atoms. The summed E-state index contributed by atoms with van der Waals surface area (Å²) in [5.74, 6) is 0.402. The third-order valence-electron chi connectivity index (χ3n) is 5.02. The van der Waals surface area contributed by atoms with Gasteiger partial charge in [0.1, 0.15) is 0 Å². The lowest BCUT2D eigenvalue weighted by molar-refractivity contribution is -0.127. The van der Waals surface area contributed by atoms with Gasteiger partial charge in [-0.3, -0.25) is 9.78 Å². The quantitative estimate of drug-likeness (QED) is 0.886. The first-order chi connectivity index (χ1) is 10.7. The number of aromatic nitrogens is 1. The second kappa shape index (κ2) is 7.09. The van der Waals surface area contributed by atoms with E-state index >= 15 is 0 Å². The number of carbonyl (C=O) groups excluding carboxylic acids is 1. The minimum atomic E-state index is -0.437. The molecular formula is C17H25N3O2. The summed E-state index contributed by atoms with van der Waals surface area (Å²) in [5.41, 5.74) is 1.23. The molecule has 1 saturated heterocycles. The number of aliphatic hydroxyl groups is 1. The maximum Gasteiger partial charge on any atom is 0.225 e. The van der Waals surface area contributed by atoms with Crippen LogP contribution in [0.15, 0.2) is 24.5 Å². The highest BCUT2D eigenvalue weighted by Gasteiger charge is 2.31. The molecule has 1 aromatic rings. The average molecular weight is 303 g/mol. The van der Waals surface area contributed by atoms with Gasteiger partial charge in [0, 0.05) is 37.7 Å². The molecule has 1 aliphatic heterocycles. The number of carbonyl (C=O) groups is 1. The fourth-order valence-electron chi connectivity index (χ4n) is 3.57. The molecule has 2 heterocycles. The molecule has 3 rings (SSSR count). The molecule has 1 aliphatic carbocycles. The first-order valence-electron chi connectivity index (χ1n) is 8.35. The number of hydrogen-bond acceptors (Lipinski definition) is 4. The van der Waals surface area contributed by atoms with E-state index in [-0.39, 0.29) is 11.8 Å². The van der Waals surface area contributed by atoms with E-state index in [1.165, 1.54) is 5.69 Å². The van der Waals surface area contributed by atoms with Gasteiger partial charge in [0.15, 0.2) is 0 Å². The van der Waals surface area contributed by atoms with Crippen LogP contribution in [0.2, 0.25) is 0 Å². The molecule has 0 spiro atoms. The Bertz CT molecular complexity index is 486. The number of rotatable bonds is 4. The fourth-order valence-corrected chi connectivity index (χ4v) is 3.57. The Hall–Kier alpha value is -1.62. The Morgan fingerprint density at radius 2 is 1.95 bits per heavy atom. The zero-order valence-electron chi connectivity index (χ0n) is 12.9. The summed E-state index contributed by atoms with van der Waals surface area (Å²) in [4.78, 5) is 18.5. The smallest absolute Gasteiger partial charge is 0.225 e. The third-order valence-corrected chi connectivity index (χ3v) is 5.02. The molecule has 0 aromatic carbocycles. The molecule has 1 amide bonds. The Kier molecular flexibility index (Phi) is 4.93. The molecule has 2 atom stereocenters. The van der Waals surface area contributed by atoms with Crippen LogP contribution in [-0.4, -0.2) is 41.7 Å². The largest absolute Gasteiger partial charge is 0.392 e. The lowest BCUT2D eigenvalue weighted by atomic mass is 9.96. The highest BCUT2D eigenvalue weighted by Crippen LogP contribution is 2.26. The maximum atomic E-state index is 12.1. The van der Waals surface area contributed by atoms with Crippen LogP contribution in [0.25, 0.3) is 0 Å². The molecule has 120 valence electrons. The van der Waals surface area contributed by atoms with Crippen LogP contribution < -0.4 is 10.2 Å². The molecular weight excluding hydrogens is 278 g/mol. The monoisotopic (exact) mass is 303 g/mol. The SMILES string of the molecule is O=C(NCC1CCN(c2ccncc2)CC1)C1CCCC1O. The first-order valence-corrected chi connectivity index (χ1v) is 8.35. The van der Waals surface area contributed by atoms with E-state index in [1.807, 2.05) is 24.5 Å². The highest BCUT2D eigenvalue weighted by molar-refractivity contribution is 5.79. The van der Waals surface area contributed by atoms with E-state index < -0.39 is 6.10 Å². The number of nitrogens with one attached hydrogen (secondary N) is 1. The number of nitrogens with zero attached hydrogens (tertiary/aromatic N) is 2. The number of amides is 1. The summed E-state index contributed by atoms with van der Waals surface area (Å²) >= 11 is 0. The van der Waals surface area contributed by atoms with Gasteiger partial charge in [-0.05, 0) is 50.2 Å². The molecule has 1 saturated carbocycles. The molecule has 1 aromatic heterocycles. The Morgan fingerprint density at radius 3 is 2.59 bits per heavy atom. The van der Waals surface area contributed by atoms with Crippen molar-refractivity contribution in [1.29, 1.82) is 0 Å². The fraction of sp³-hybridized carbons (Fsp3) is 0.647. The van der Waals surface area contributed by atoms with Crippen LogP contribution in [-0.2, 0) is 4.79 Å². The molecule has 2 fully saturated rings. The van der Waals surface area contributed by atoms with Gasteiger partial charge in [-0.2, -0.15) is 0 Å². The van der Waals surface area contributed by atoms with Gasteiger partial charge in [-0.25, -0.2) is 0 Å². The van der Waals surface area contributed by atoms with E-state index in [4.69, 9.17) is 0 Å². The lowest BCUT2D eigenvalue weighted by Crippen LogP contribution is -2.41. The molecule has 0 bridgehead atoms. The number of pyridine rings is 1. The van der Waals surface area contributed by atoms with Crippen molar-refractivity contribution in [2.45, 2.75) is 38.2 Å². The zero-order chi connectivity index (χ0) is 15.4. The standard InChI is InChI=1S/C17H25N3O2/c21-16-3-1-2-15(16)17(22)19-12-13-6-10-20(11-7-13)14-4-8-18-9-5-14/h4-5,8-9,13,15-16,21H,1-3,6-7,10-12H2,(H,19,22). The second-order valence-corrected chi connectivity index (χ2v) is 6.49. The summed E-state index contributed by atoms with van der Waals surface area (Å²) in [7, 11) is 0. The zero-order valence-corrected chi connectivity index (χ0v) is 12.9. The van der Waals surface area contributed by atoms with E-state index in [9.17, 15) is 9.90 Å². The van der Waals surface area contributed by atoms with Crippen molar-refractivity contribution in [2.24, 2.45) is 11.8 Å². The molecule has 2 unspecified atom stereocenters. The minimum absolute atomic E-state index is 0.0431. The van der Waals surface area contributed by atoms with Crippen LogP contribution in [0.3, 0.4) is 0 Å². The van der Waals surface area contributed by atoms with Gasteiger partial charge in [-0.15, -0.1) is 0 Å². The number of aliphatic hydroxyl groups excluding tert-OH is 1. The predicted octanol–water partition coefficient (Wildman–Crippen LogP) is 1.58. The van der Waals surface area contributed by atoms with Gasteiger partial charge in [0.05, 0.1) is 12.0 Å². The van der Waals surface area contributed by atoms with Crippen LogP contribution in [0, 0.1) is 11.8 Å². The number of piperidine rings is 1. The predicted molar refractivity (Wildman–Crippen MR) is 85.5 cm³/mol. The topological polar surface area (TPSA) is 65.5 Å². The van der Waals surface area contributed by atoms with Crippen molar-refractivity contribution < 1.29 is 9.90 Å². The number of anilines is 1. The van der Waals surface area contributed by atoms with Crippen LogP contribution in [0.1, 0.15) is 32.1 Å². The van der Waals surface area contributed by atoms with Gasteiger partial charge in [-0.1, -0.05) is 0 Å². The van der Waals surface area contributed by atoms with Crippen molar-refractivity contribution in [2.75, 3.05) is 24.5 Å². The Balaban J connectivity index is 1.41. The van der Waals surface area contributed by atoms with Crippen LogP contribution >= 0.6 is 0 Å². The third kappa shape index (κ3) is 3.58. The lowest BCUT2D eigenvalue weighted by Gasteiger charge is -2.33. The normalized spacial score (nSPS) is 26.1. The minimum Gasteiger partial charge on any atom is -0.392 e. The van der Waals surface area contributed by atoms with E-state index in [1.54, 1.807) is 0 Å². The van der Waals surface area contributed by atoms with Crippen molar-refractivity contribution >= 4 is 11.6 Å². The molecule has 5 heteroatoms. The molecule has 2 N–H and O–H groups in total. The van der Waals surface area contributed by atoms with Gasteiger partial charge in [0.25, 0.3) is 0 Å². The van der Waals surface area contributed by atoms with Crippen molar-refractivity contribution in [3.05, 3.63) is 24.5 Å². The number of hydrogen-bond donors (Lipinski definition) is 2. The van der Waals surface area contributed by atoms with Gasteiger partial charge >= 0.3 is 0 Å². The van der Waals surface area contributed by atoms with Gasteiger partial charge in [0.2, 0.25) is 5.91 Å². The van der Waals surface area contributed by atoms with E-state index in [0.29, 0.717) is 5.92 Å². The Labute approximate surface area is 131 Å². The summed E-state index contributed by atoms with van der Waals surface area (Å²) in [5, 5.41) is 12.8. The van der Waals surface area contributed by atoms with E-state index in [2.05, 4.69) is 15.2 Å². The molecule has 5 nitrogen and oxygen atoms in total. The average Bonchev–Trinajstić information content (AvgIpc) is 3.00. The van der Waals surface area contributed by atoms with Crippen LogP contribution in [0.4, 0.5) is 5.69 Å². The summed E-state index contributed by atoms with van der Waals surface area (Å²) < 4.78 is 0. The maximum absolute atomic E-state index is 12.1. The van der Waals surface area contributed by atoms with Crippen molar-refractivity contribution in [1.82, 2.24) is 10.3 Å². The van der Waals surface area contributed by atoms with Crippen molar-refractivity contribution in [3.8, 4) is 0 Å². The van der Waals surface area contributed by atoms with Crippen molar-refractivity contribution in [3.63, 3.8) is 0 Å². The van der Waals surface area contributed by atoms with Gasteiger partial charge < -0.3 is 15.3 Å². The molecule has 2 aliphatic rings. The molecule has 0 radical (unpaired) electrons. The summed E-state index contributed by atoms with van der Waals surface area (Å²) in [6.45, 7) is 2.79. The van der Waals surface area contributed by atoms with Crippen LogP contribution in [0.5, 0.6) is 0 Å².